The Bertz CT molecular complexity index is 836. The van der Waals surface area contributed by atoms with Crippen LogP contribution in [-0.2, 0) is 0 Å². The zero-order chi connectivity index (χ0) is 19.4. The van der Waals surface area contributed by atoms with Crippen LogP contribution < -0.4 is 15.1 Å². The van der Waals surface area contributed by atoms with E-state index in [1.54, 1.807) is 0 Å². The Hall–Kier alpha value is -2.33. The fraction of sp³-hybridized carbons (Fsp3) is 0.353. The number of hydroxylamine groups is 1. The van der Waals surface area contributed by atoms with Gasteiger partial charge in [-0.1, -0.05) is 6.58 Å². The summed E-state index contributed by atoms with van der Waals surface area (Å²) >= 11 is 4.95. The summed E-state index contributed by atoms with van der Waals surface area (Å²) in [7, 11) is 0. The molecule has 0 saturated carbocycles. The molecule has 0 spiro atoms. The van der Waals surface area contributed by atoms with Crippen LogP contribution >= 0.6 is 27.3 Å². The van der Waals surface area contributed by atoms with E-state index >= 15 is 0 Å². The number of nitrogens with one attached hydrogen (secondary N) is 1. The van der Waals surface area contributed by atoms with Crippen molar-refractivity contribution in [3.05, 3.63) is 39.3 Å². The molecule has 1 saturated heterocycles. The minimum atomic E-state index is -0.897. The number of ether oxygens (including phenoxy) is 1. The number of rotatable bonds is 6. The number of piperidine rings is 1. The standard InChI is InChI=1S/C17H19BrN4O4S/c1-10-15(25-12-5-7-22(8-6-12)17(23)24)19-9-20-16(10)26-21-11(2)13-3-4-14(18)27-13/h3-4,9,12,21H,2,5-8H2,1H3,(H,23,24). The van der Waals surface area contributed by atoms with E-state index in [-0.39, 0.29) is 6.10 Å². The molecule has 144 valence electrons. The summed E-state index contributed by atoms with van der Waals surface area (Å²) in [6.07, 6.45) is 1.62. The molecular formula is C17H19BrN4O4S. The minimum Gasteiger partial charge on any atom is -0.474 e. The first-order valence-corrected chi connectivity index (χ1v) is 9.88. The smallest absolute Gasteiger partial charge is 0.407 e. The van der Waals surface area contributed by atoms with E-state index in [1.807, 2.05) is 19.1 Å². The van der Waals surface area contributed by atoms with Crippen LogP contribution in [0.25, 0.3) is 5.70 Å². The summed E-state index contributed by atoms with van der Waals surface area (Å²) in [5.41, 5.74) is 4.07. The Labute approximate surface area is 168 Å². The molecule has 8 nitrogen and oxygen atoms in total. The molecule has 3 heterocycles. The fourth-order valence-corrected chi connectivity index (χ4v) is 3.90. The Balaban J connectivity index is 1.59. The molecule has 1 aliphatic rings. The third kappa shape index (κ3) is 4.89. The lowest BCUT2D eigenvalue weighted by Crippen LogP contribution is -2.41. The zero-order valence-corrected chi connectivity index (χ0v) is 17.0. The molecule has 0 unspecified atom stereocenters. The van der Waals surface area contributed by atoms with Gasteiger partial charge in [-0.2, -0.15) is 4.98 Å². The molecule has 0 radical (unpaired) electrons. The number of carbonyl (C=O) groups is 1. The van der Waals surface area contributed by atoms with Crippen LogP contribution in [0.15, 0.2) is 28.8 Å². The van der Waals surface area contributed by atoms with Crippen molar-refractivity contribution in [2.75, 3.05) is 13.1 Å². The largest absolute Gasteiger partial charge is 0.474 e. The summed E-state index contributed by atoms with van der Waals surface area (Å²) in [6.45, 7) is 6.65. The van der Waals surface area contributed by atoms with Gasteiger partial charge in [0.1, 0.15) is 12.4 Å². The van der Waals surface area contributed by atoms with Gasteiger partial charge in [-0.3, -0.25) is 0 Å². The highest BCUT2D eigenvalue weighted by molar-refractivity contribution is 9.11. The first-order chi connectivity index (χ1) is 12.9. The molecule has 0 aromatic carbocycles. The predicted octanol–water partition coefficient (Wildman–Crippen LogP) is 3.68. The first-order valence-electron chi connectivity index (χ1n) is 8.27. The number of likely N-dealkylation sites (tertiary alicyclic amines) is 1. The number of aromatic nitrogens is 2. The lowest BCUT2D eigenvalue weighted by atomic mass is 10.1. The van der Waals surface area contributed by atoms with Crippen molar-refractivity contribution in [1.29, 1.82) is 0 Å². The van der Waals surface area contributed by atoms with Crippen molar-refractivity contribution in [3.63, 3.8) is 0 Å². The minimum absolute atomic E-state index is 0.0894. The normalized spacial score (nSPS) is 14.7. The van der Waals surface area contributed by atoms with Gasteiger partial charge in [0.05, 0.1) is 19.9 Å². The summed E-state index contributed by atoms with van der Waals surface area (Å²) in [6, 6.07) is 3.86. The predicted molar refractivity (Wildman–Crippen MR) is 105 cm³/mol. The molecule has 10 heteroatoms. The topological polar surface area (TPSA) is 96.8 Å². The number of amides is 1. The van der Waals surface area contributed by atoms with Gasteiger partial charge in [0, 0.05) is 25.9 Å². The van der Waals surface area contributed by atoms with E-state index in [9.17, 15) is 4.79 Å². The van der Waals surface area contributed by atoms with Gasteiger partial charge in [0.15, 0.2) is 0 Å². The van der Waals surface area contributed by atoms with Crippen molar-refractivity contribution in [1.82, 2.24) is 20.3 Å². The van der Waals surface area contributed by atoms with Gasteiger partial charge in [-0.15, -0.1) is 11.3 Å². The van der Waals surface area contributed by atoms with Crippen molar-refractivity contribution in [2.24, 2.45) is 0 Å². The lowest BCUT2D eigenvalue weighted by molar-refractivity contribution is 0.0861. The lowest BCUT2D eigenvalue weighted by Gasteiger charge is -2.30. The van der Waals surface area contributed by atoms with E-state index in [0.717, 1.165) is 8.66 Å². The maximum atomic E-state index is 11.0. The average molecular weight is 455 g/mol. The van der Waals surface area contributed by atoms with Gasteiger partial charge in [0.25, 0.3) is 5.88 Å². The van der Waals surface area contributed by atoms with Crippen LogP contribution in [0.3, 0.4) is 0 Å². The average Bonchev–Trinajstić information content (AvgIpc) is 3.09. The van der Waals surface area contributed by atoms with Gasteiger partial charge in [-0.25, -0.2) is 15.3 Å². The van der Waals surface area contributed by atoms with Crippen LogP contribution in [0.1, 0.15) is 23.3 Å². The molecule has 27 heavy (non-hydrogen) atoms. The Morgan fingerprint density at radius 1 is 1.37 bits per heavy atom. The summed E-state index contributed by atoms with van der Waals surface area (Å²) in [5, 5.41) is 9.01. The maximum Gasteiger partial charge on any atom is 0.407 e. The molecule has 0 bridgehead atoms. The highest BCUT2D eigenvalue weighted by Crippen LogP contribution is 2.28. The van der Waals surface area contributed by atoms with E-state index in [0.29, 0.717) is 49.0 Å². The number of hydrogen-bond donors (Lipinski definition) is 2. The van der Waals surface area contributed by atoms with E-state index < -0.39 is 6.09 Å². The Kier molecular flexibility index (Phi) is 6.17. The fourth-order valence-electron chi connectivity index (χ4n) is 2.60. The van der Waals surface area contributed by atoms with Gasteiger partial charge in [0.2, 0.25) is 5.88 Å². The van der Waals surface area contributed by atoms with Crippen molar-refractivity contribution < 1.29 is 19.5 Å². The monoisotopic (exact) mass is 454 g/mol. The third-order valence-corrected chi connectivity index (χ3v) is 5.81. The highest BCUT2D eigenvalue weighted by atomic mass is 79.9. The molecule has 1 fully saturated rings. The number of halogens is 1. The zero-order valence-electron chi connectivity index (χ0n) is 14.6. The number of thiophene rings is 1. The molecule has 1 amide bonds. The molecule has 3 rings (SSSR count). The van der Waals surface area contributed by atoms with Crippen molar-refractivity contribution in [3.8, 4) is 11.8 Å². The third-order valence-electron chi connectivity index (χ3n) is 4.12. The van der Waals surface area contributed by atoms with Crippen molar-refractivity contribution in [2.45, 2.75) is 25.9 Å². The highest BCUT2D eigenvalue weighted by Gasteiger charge is 2.24. The molecule has 0 atom stereocenters. The summed E-state index contributed by atoms with van der Waals surface area (Å²) < 4.78 is 6.95. The second kappa shape index (κ2) is 8.57. The number of carboxylic acid groups (broad SMARTS) is 1. The summed E-state index contributed by atoms with van der Waals surface area (Å²) in [4.78, 5) is 27.2. The molecule has 2 aromatic heterocycles. The van der Waals surface area contributed by atoms with Crippen LogP contribution in [0.2, 0.25) is 0 Å². The van der Waals surface area contributed by atoms with Crippen LogP contribution in [0.5, 0.6) is 11.8 Å². The maximum absolute atomic E-state index is 11.0. The molecule has 2 aromatic rings. The molecule has 2 N–H and O–H groups in total. The SMILES string of the molecule is C=C(NOc1ncnc(OC2CCN(C(=O)O)CC2)c1C)c1ccc(Br)s1. The molecule has 0 aliphatic carbocycles. The quantitative estimate of drug-likeness (QED) is 0.642. The molecule has 1 aliphatic heterocycles. The van der Waals surface area contributed by atoms with E-state index in [4.69, 9.17) is 14.7 Å². The van der Waals surface area contributed by atoms with E-state index in [1.165, 1.54) is 22.6 Å². The number of hydrogen-bond acceptors (Lipinski definition) is 7. The van der Waals surface area contributed by atoms with Crippen molar-refractivity contribution >= 4 is 39.1 Å². The van der Waals surface area contributed by atoms with Crippen LogP contribution in [0, 0.1) is 6.92 Å². The Morgan fingerprint density at radius 3 is 2.70 bits per heavy atom. The summed E-state index contributed by atoms with van der Waals surface area (Å²) in [5.74, 6) is 0.778. The Morgan fingerprint density at radius 2 is 2.07 bits per heavy atom. The van der Waals surface area contributed by atoms with Gasteiger partial charge in [-0.05, 0) is 35.0 Å². The van der Waals surface area contributed by atoms with Crippen LogP contribution in [0.4, 0.5) is 4.79 Å². The van der Waals surface area contributed by atoms with Gasteiger partial charge < -0.3 is 19.6 Å². The molecular weight excluding hydrogens is 436 g/mol. The second-order valence-corrected chi connectivity index (χ2v) is 8.45. The van der Waals surface area contributed by atoms with E-state index in [2.05, 4.69) is 38.0 Å². The second-order valence-electron chi connectivity index (χ2n) is 5.98. The van der Waals surface area contributed by atoms with Gasteiger partial charge >= 0.3 is 6.09 Å². The first kappa shape index (κ1) is 19.4. The number of nitrogens with zero attached hydrogens (tertiary/aromatic N) is 3. The van der Waals surface area contributed by atoms with Crippen LogP contribution in [-0.4, -0.2) is 45.3 Å².